The van der Waals surface area contributed by atoms with Crippen molar-refractivity contribution in [3.63, 3.8) is 0 Å². The predicted octanol–water partition coefficient (Wildman–Crippen LogP) is 1.68. The average Bonchev–Trinajstić information content (AvgIpc) is 1.83. The van der Waals surface area contributed by atoms with E-state index in [-0.39, 0.29) is 29.6 Å². The molecule has 0 aliphatic carbocycles. The molecule has 1 aromatic heterocycles. The fourth-order valence-electron chi connectivity index (χ4n) is 0.535. The first-order valence-corrected chi connectivity index (χ1v) is 3.34. The van der Waals surface area contributed by atoms with Crippen LogP contribution in [0, 0.1) is 6.92 Å². The zero-order chi connectivity index (χ0) is 6.85. The first-order valence-electron chi connectivity index (χ1n) is 2.52. The van der Waals surface area contributed by atoms with E-state index in [1.165, 1.54) is 0 Å². The van der Waals surface area contributed by atoms with Crippen molar-refractivity contribution in [1.82, 2.24) is 4.98 Å². The molecule has 0 saturated carbocycles. The molecule has 0 unspecified atom stereocenters. The summed E-state index contributed by atoms with van der Waals surface area (Å²) in [5.41, 5.74) is 0.823. The van der Waals surface area contributed by atoms with Gasteiger partial charge in [0.25, 0.3) is 0 Å². The van der Waals surface area contributed by atoms with Gasteiger partial charge in [-0.2, -0.15) is 0 Å². The Morgan fingerprint density at radius 2 is 2.20 bits per heavy atom. The molecule has 0 aromatic carbocycles. The van der Waals surface area contributed by atoms with Crippen LogP contribution in [0.5, 0.6) is 0 Å². The fraction of sp³-hybridized carbons (Fsp3) is 0.167. The second kappa shape index (κ2) is 4.62. The van der Waals surface area contributed by atoms with Crippen LogP contribution in [0.1, 0.15) is 5.69 Å². The van der Waals surface area contributed by atoms with E-state index in [0.717, 1.165) is 10.6 Å². The van der Waals surface area contributed by atoms with Crippen molar-refractivity contribution in [2.45, 2.75) is 11.8 Å². The minimum absolute atomic E-state index is 0. The summed E-state index contributed by atoms with van der Waals surface area (Å²) < 4.78 is 0. The van der Waals surface area contributed by atoms with Gasteiger partial charge in [-0.05, 0) is 13.0 Å². The van der Waals surface area contributed by atoms with E-state index in [0.29, 0.717) is 5.02 Å². The number of thiol groups is 1. The number of hydrogen-bond donors (Lipinski definition) is 1. The molecule has 1 aromatic rings. The topological polar surface area (TPSA) is 12.9 Å². The normalized spacial score (nSPS) is 8.70. The summed E-state index contributed by atoms with van der Waals surface area (Å²) in [5, 5.41) is 0.640. The molecular formula is C6H7ClNNaS. The van der Waals surface area contributed by atoms with Gasteiger partial charge in [-0.1, -0.05) is 11.6 Å². The Bertz CT molecular complexity index is 209. The van der Waals surface area contributed by atoms with Gasteiger partial charge in [0, 0.05) is 11.1 Å². The molecule has 0 radical (unpaired) electrons. The molecule has 50 valence electrons. The first kappa shape index (κ1) is 10.8. The van der Waals surface area contributed by atoms with E-state index in [1.54, 1.807) is 12.3 Å². The molecule has 1 heterocycles. The Morgan fingerprint density at radius 3 is 2.60 bits per heavy atom. The van der Waals surface area contributed by atoms with Crippen LogP contribution in [0.15, 0.2) is 17.2 Å². The van der Waals surface area contributed by atoms with Gasteiger partial charge < -0.3 is 0 Å². The van der Waals surface area contributed by atoms with E-state index in [4.69, 9.17) is 11.6 Å². The molecule has 1 rings (SSSR count). The number of hydrogen-bond acceptors (Lipinski definition) is 2. The van der Waals surface area contributed by atoms with Gasteiger partial charge in [-0.25, -0.2) is 0 Å². The standard InChI is InChI=1S/C6H6ClNS.Na.H/c1-4-6(7)5(9)2-3-8-4;;/h2-3H,1H3,(H,8,9);;. The first-order chi connectivity index (χ1) is 4.22. The van der Waals surface area contributed by atoms with Crippen molar-refractivity contribution in [3.05, 3.63) is 23.0 Å². The molecule has 10 heavy (non-hydrogen) atoms. The summed E-state index contributed by atoms with van der Waals surface area (Å²) in [6, 6.07) is 1.76. The van der Waals surface area contributed by atoms with Crippen LogP contribution in [0.4, 0.5) is 0 Å². The number of aryl methyl sites for hydroxylation is 1. The Kier molecular flexibility index (Phi) is 4.99. The van der Waals surface area contributed by atoms with Gasteiger partial charge in [0.2, 0.25) is 0 Å². The summed E-state index contributed by atoms with van der Waals surface area (Å²) >= 11 is 9.83. The summed E-state index contributed by atoms with van der Waals surface area (Å²) in [6.45, 7) is 1.85. The SMILES string of the molecule is Cc1nccc(S)c1Cl.[NaH]. The van der Waals surface area contributed by atoms with Gasteiger partial charge in [-0.15, -0.1) is 12.6 Å². The maximum absolute atomic E-state index is 5.74. The Morgan fingerprint density at radius 1 is 1.60 bits per heavy atom. The number of nitrogens with zero attached hydrogens (tertiary/aromatic N) is 1. The van der Waals surface area contributed by atoms with Crippen LogP contribution < -0.4 is 0 Å². The molecule has 0 bridgehead atoms. The van der Waals surface area contributed by atoms with Crippen LogP contribution in [-0.4, -0.2) is 34.5 Å². The van der Waals surface area contributed by atoms with Crippen LogP contribution >= 0.6 is 24.2 Å². The number of halogens is 1. The number of pyridine rings is 1. The van der Waals surface area contributed by atoms with E-state index in [9.17, 15) is 0 Å². The molecule has 0 amide bonds. The van der Waals surface area contributed by atoms with E-state index < -0.39 is 0 Å². The average molecular weight is 184 g/mol. The molecule has 1 nitrogen and oxygen atoms in total. The van der Waals surface area contributed by atoms with Crippen LogP contribution in [0.3, 0.4) is 0 Å². The second-order valence-electron chi connectivity index (χ2n) is 1.73. The van der Waals surface area contributed by atoms with E-state index in [1.807, 2.05) is 6.92 Å². The summed E-state index contributed by atoms with van der Waals surface area (Å²) in [4.78, 5) is 4.74. The fourth-order valence-corrected chi connectivity index (χ4v) is 0.875. The summed E-state index contributed by atoms with van der Waals surface area (Å²) in [5.74, 6) is 0. The van der Waals surface area contributed by atoms with Crippen molar-refractivity contribution in [2.75, 3.05) is 0 Å². The molecule has 0 aliphatic rings. The van der Waals surface area contributed by atoms with Crippen molar-refractivity contribution in [1.29, 1.82) is 0 Å². The zero-order valence-electron chi connectivity index (χ0n) is 4.93. The van der Waals surface area contributed by atoms with Crippen molar-refractivity contribution in [2.24, 2.45) is 0 Å². The molecule has 4 heteroatoms. The van der Waals surface area contributed by atoms with Gasteiger partial charge in [0.15, 0.2) is 0 Å². The molecule has 0 saturated heterocycles. The quantitative estimate of drug-likeness (QED) is 0.477. The van der Waals surface area contributed by atoms with Crippen LogP contribution in [0.25, 0.3) is 0 Å². The van der Waals surface area contributed by atoms with Crippen LogP contribution in [0.2, 0.25) is 5.02 Å². The Hall–Kier alpha value is 0.790. The molecule has 0 atom stereocenters. The second-order valence-corrected chi connectivity index (χ2v) is 2.59. The minimum atomic E-state index is 0. The number of aromatic nitrogens is 1. The summed E-state index contributed by atoms with van der Waals surface area (Å²) in [6.07, 6.45) is 1.68. The molecule has 0 spiro atoms. The Balaban J connectivity index is 0.000000810. The number of rotatable bonds is 0. The maximum atomic E-state index is 5.74. The molecule has 0 fully saturated rings. The third-order valence-corrected chi connectivity index (χ3v) is 2.02. The van der Waals surface area contributed by atoms with Crippen molar-refractivity contribution < 1.29 is 0 Å². The third kappa shape index (κ3) is 2.44. The molecule has 0 N–H and O–H groups in total. The van der Waals surface area contributed by atoms with E-state index in [2.05, 4.69) is 17.6 Å². The van der Waals surface area contributed by atoms with Crippen LogP contribution in [-0.2, 0) is 0 Å². The molecule has 0 aliphatic heterocycles. The zero-order valence-corrected chi connectivity index (χ0v) is 6.58. The van der Waals surface area contributed by atoms with Crippen molar-refractivity contribution in [3.8, 4) is 0 Å². The monoisotopic (exact) mass is 183 g/mol. The third-order valence-electron chi connectivity index (χ3n) is 1.04. The summed E-state index contributed by atoms with van der Waals surface area (Å²) in [7, 11) is 0. The Labute approximate surface area is 92.9 Å². The van der Waals surface area contributed by atoms with Gasteiger partial charge >= 0.3 is 29.6 Å². The van der Waals surface area contributed by atoms with Gasteiger partial charge in [-0.3, -0.25) is 4.98 Å². The van der Waals surface area contributed by atoms with E-state index >= 15 is 0 Å². The predicted molar refractivity (Wildman–Crippen MR) is 48.4 cm³/mol. The van der Waals surface area contributed by atoms with Gasteiger partial charge in [0.05, 0.1) is 10.7 Å². The van der Waals surface area contributed by atoms with Gasteiger partial charge in [0.1, 0.15) is 0 Å². The molecular weight excluding hydrogens is 177 g/mol. The van der Waals surface area contributed by atoms with Crippen molar-refractivity contribution >= 4 is 53.8 Å².